The van der Waals surface area contributed by atoms with Crippen LogP contribution in [0.15, 0.2) is 30.3 Å². The van der Waals surface area contributed by atoms with Gasteiger partial charge >= 0.3 is 5.97 Å². The summed E-state index contributed by atoms with van der Waals surface area (Å²) >= 11 is 0. The summed E-state index contributed by atoms with van der Waals surface area (Å²) in [6.07, 6.45) is 2.81. The molecule has 0 aliphatic carbocycles. The van der Waals surface area contributed by atoms with Crippen molar-refractivity contribution in [1.82, 2.24) is 5.32 Å². The van der Waals surface area contributed by atoms with Crippen LogP contribution in [-0.2, 0) is 9.59 Å². The number of hydrogen-bond donors (Lipinski definition) is 2. The summed E-state index contributed by atoms with van der Waals surface area (Å²) in [6.45, 7) is 1.58. The summed E-state index contributed by atoms with van der Waals surface area (Å²) in [5, 5.41) is 11.1. The van der Waals surface area contributed by atoms with Gasteiger partial charge in [0.25, 0.3) is 0 Å². The first-order valence-corrected chi connectivity index (χ1v) is 5.43. The van der Waals surface area contributed by atoms with Crippen molar-refractivity contribution in [2.75, 3.05) is 6.54 Å². The van der Waals surface area contributed by atoms with E-state index in [0.717, 1.165) is 0 Å². The predicted molar refractivity (Wildman–Crippen MR) is 65.2 cm³/mol. The highest BCUT2D eigenvalue weighted by atomic mass is 19.1. The van der Waals surface area contributed by atoms with Crippen LogP contribution in [0.2, 0.25) is 0 Å². The van der Waals surface area contributed by atoms with Gasteiger partial charge in [-0.3, -0.25) is 9.59 Å². The SMILES string of the molecule is CC(CNC(=O)C=Cc1ccc(F)cc1)C(=O)O. The Bertz CT molecular complexity index is 454. The lowest BCUT2D eigenvalue weighted by atomic mass is 10.2. The molecule has 1 aromatic rings. The minimum Gasteiger partial charge on any atom is -0.481 e. The summed E-state index contributed by atoms with van der Waals surface area (Å²) in [5.74, 6) is -2.31. The molecule has 96 valence electrons. The number of aliphatic carboxylic acids is 1. The first-order chi connectivity index (χ1) is 8.49. The first-order valence-electron chi connectivity index (χ1n) is 5.43. The van der Waals surface area contributed by atoms with E-state index in [1.165, 1.54) is 31.2 Å². The Morgan fingerprint density at radius 3 is 2.56 bits per heavy atom. The molecule has 0 aromatic heterocycles. The number of rotatable bonds is 5. The third kappa shape index (κ3) is 4.78. The molecule has 0 radical (unpaired) electrons. The van der Waals surface area contributed by atoms with Crippen LogP contribution in [0.1, 0.15) is 12.5 Å². The van der Waals surface area contributed by atoms with E-state index in [-0.39, 0.29) is 18.3 Å². The fraction of sp³-hybridized carbons (Fsp3) is 0.231. The maximum Gasteiger partial charge on any atom is 0.308 e. The molecule has 0 saturated heterocycles. The number of amides is 1. The number of carboxylic acid groups (broad SMARTS) is 1. The van der Waals surface area contributed by atoms with Gasteiger partial charge in [-0.05, 0) is 23.8 Å². The zero-order valence-electron chi connectivity index (χ0n) is 9.89. The molecule has 1 atom stereocenters. The molecule has 1 unspecified atom stereocenters. The fourth-order valence-electron chi connectivity index (χ4n) is 1.15. The molecule has 0 aliphatic heterocycles. The smallest absolute Gasteiger partial charge is 0.308 e. The maximum atomic E-state index is 12.6. The lowest BCUT2D eigenvalue weighted by Gasteiger charge is -2.05. The van der Waals surface area contributed by atoms with Gasteiger partial charge in [-0.2, -0.15) is 0 Å². The molecule has 4 nitrogen and oxygen atoms in total. The van der Waals surface area contributed by atoms with Gasteiger partial charge in [0.1, 0.15) is 5.82 Å². The zero-order valence-corrected chi connectivity index (χ0v) is 9.89. The lowest BCUT2D eigenvalue weighted by molar-refractivity contribution is -0.141. The van der Waals surface area contributed by atoms with E-state index in [9.17, 15) is 14.0 Å². The summed E-state index contributed by atoms with van der Waals surface area (Å²) in [4.78, 5) is 21.9. The van der Waals surface area contributed by atoms with Crippen LogP contribution in [0.3, 0.4) is 0 Å². The van der Waals surface area contributed by atoms with Crippen molar-refractivity contribution in [3.8, 4) is 0 Å². The van der Waals surface area contributed by atoms with Crippen LogP contribution in [0.5, 0.6) is 0 Å². The average molecular weight is 251 g/mol. The summed E-state index contributed by atoms with van der Waals surface area (Å²) < 4.78 is 12.6. The van der Waals surface area contributed by atoms with E-state index < -0.39 is 11.9 Å². The molecule has 1 amide bonds. The Balaban J connectivity index is 2.45. The minimum absolute atomic E-state index is 0.0714. The second-order valence-corrected chi connectivity index (χ2v) is 3.87. The second kappa shape index (κ2) is 6.54. The van der Waals surface area contributed by atoms with Crippen molar-refractivity contribution < 1.29 is 19.1 Å². The maximum absolute atomic E-state index is 12.6. The average Bonchev–Trinajstić information content (AvgIpc) is 2.35. The number of nitrogens with one attached hydrogen (secondary N) is 1. The van der Waals surface area contributed by atoms with Gasteiger partial charge in [-0.15, -0.1) is 0 Å². The monoisotopic (exact) mass is 251 g/mol. The van der Waals surface area contributed by atoms with Gasteiger partial charge in [0, 0.05) is 12.6 Å². The Labute approximate surface area is 104 Å². The van der Waals surface area contributed by atoms with Gasteiger partial charge in [0.2, 0.25) is 5.91 Å². The number of hydrogen-bond acceptors (Lipinski definition) is 2. The molecule has 1 aromatic carbocycles. The van der Waals surface area contributed by atoms with Gasteiger partial charge in [0.15, 0.2) is 0 Å². The standard InChI is InChI=1S/C13H14FNO3/c1-9(13(17)18)8-15-12(16)7-4-10-2-5-11(14)6-3-10/h2-7,9H,8H2,1H3,(H,15,16)(H,17,18). The Morgan fingerprint density at radius 1 is 1.39 bits per heavy atom. The summed E-state index contributed by atoms with van der Waals surface area (Å²) in [6, 6.07) is 5.67. The molecule has 1 rings (SSSR count). The van der Waals surface area contributed by atoms with Crippen LogP contribution < -0.4 is 5.32 Å². The predicted octanol–water partition coefficient (Wildman–Crippen LogP) is 1.68. The highest BCUT2D eigenvalue weighted by Gasteiger charge is 2.10. The van der Waals surface area contributed by atoms with Crippen molar-refractivity contribution in [3.05, 3.63) is 41.7 Å². The molecular weight excluding hydrogens is 237 g/mol. The fourth-order valence-corrected chi connectivity index (χ4v) is 1.15. The van der Waals surface area contributed by atoms with Gasteiger partial charge in [-0.1, -0.05) is 19.1 Å². The number of benzene rings is 1. The van der Waals surface area contributed by atoms with Crippen molar-refractivity contribution >= 4 is 18.0 Å². The van der Waals surface area contributed by atoms with Gasteiger partial charge in [0.05, 0.1) is 5.92 Å². The topological polar surface area (TPSA) is 66.4 Å². The van der Waals surface area contributed by atoms with Crippen molar-refractivity contribution in [3.63, 3.8) is 0 Å². The molecule has 2 N–H and O–H groups in total. The molecule has 0 heterocycles. The minimum atomic E-state index is -0.960. The van der Waals surface area contributed by atoms with Crippen molar-refractivity contribution in [2.45, 2.75) is 6.92 Å². The number of carbonyl (C=O) groups is 2. The molecule has 18 heavy (non-hydrogen) atoms. The highest BCUT2D eigenvalue weighted by molar-refractivity contribution is 5.91. The van der Waals surface area contributed by atoms with Crippen molar-refractivity contribution in [1.29, 1.82) is 0 Å². The normalized spacial score (nSPS) is 12.3. The molecule has 0 aliphatic rings. The van der Waals surface area contributed by atoms with E-state index >= 15 is 0 Å². The third-order valence-corrected chi connectivity index (χ3v) is 2.30. The Hall–Kier alpha value is -2.17. The molecule has 0 bridgehead atoms. The molecular formula is C13H14FNO3. The number of carbonyl (C=O) groups excluding carboxylic acids is 1. The van der Waals surface area contributed by atoms with E-state index in [0.29, 0.717) is 5.56 Å². The molecule has 0 saturated carbocycles. The number of carboxylic acids is 1. The second-order valence-electron chi connectivity index (χ2n) is 3.87. The quantitative estimate of drug-likeness (QED) is 0.782. The molecule has 5 heteroatoms. The largest absolute Gasteiger partial charge is 0.481 e. The van der Waals surface area contributed by atoms with Crippen LogP contribution in [0.4, 0.5) is 4.39 Å². The number of halogens is 1. The Kier molecular flexibility index (Phi) is 5.05. The van der Waals surface area contributed by atoms with E-state index in [4.69, 9.17) is 5.11 Å². The summed E-state index contributed by atoms with van der Waals surface area (Å²) in [7, 11) is 0. The zero-order chi connectivity index (χ0) is 13.5. The lowest BCUT2D eigenvalue weighted by Crippen LogP contribution is -2.30. The van der Waals surface area contributed by atoms with Crippen LogP contribution in [0, 0.1) is 11.7 Å². The van der Waals surface area contributed by atoms with Crippen LogP contribution in [0.25, 0.3) is 6.08 Å². The molecule has 0 fully saturated rings. The summed E-state index contributed by atoms with van der Waals surface area (Å²) in [5.41, 5.74) is 0.692. The first kappa shape index (κ1) is 13.9. The van der Waals surface area contributed by atoms with Crippen LogP contribution >= 0.6 is 0 Å². The van der Waals surface area contributed by atoms with E-state index in [2.05, 4.69) is 5.32 Å². The third-order valence-electron chi connectivity index (χ3n) is 2.30. The van der Waals surface area contributed by atoms with Gasteiger partial charge in [-0.25, -0.2) is 4.39 Å². The van der Waals surface area contributed by atoms with Crippen molar-refractivity contribution in [2.24, 2.45) is 5.92 Å². The van der Waals surface area contributed by atoms with Crippen LogP contribution in [-0.4, -0.2) is 23.5 Å². The van der Waals surface area contributed by atoms with E-state index in [1.54, 1.807) is 12.1 Å². The van der Waals surface area contributed by atoms with E-state index in [1.807, 2.05) is 0 Å². The molecule has 0 spiro atoms. The Morgan fingerprint density at radius 2 is 2.00 bits per heavy atom. The highest BCUT2D eigenvalue weighted by Crippen LogP contribution is 2.04. The van der Waals surface area contributed by atoms with Gasteiger partial charge < -0.3 is 10.4 Å².